The van der Waals surface area contributed by atoms with Crippen LogP contribution in [-0.2, 0) is 28.2 Å². The Kier molecular flexibility index (Phi) is 13.4. The molecule has 0 fully saturated rings. The van der Waals surface area contributed by atoms with Gasteiger partial charge in [-0.1, -0.05) is 175 Å². The first-order valence-corrected chi connectivity index (χ1v) is 28.4. The number of hydrogen-bond acceptors (Lipinski definition) is 0. The molecule has 0 saturated carbocycles. The van der Waals surface area contributed by atoms with E-state index in [1.54, 1.807) is 90.5 Å². The molecule has 0 unspecified atom stereocenters. The summed E-state index contributed by atoms with van der Waals surface area (Å²) in [6, 6.07) is 72.8. The minimum Gasteiger partial charge on any atom is -0.201 e. The Morgan fingerprint density at radius 3 is 1.06 bits per heavy atom. The van der Waals surface area contributed by atoms with Gasteiger partial charge in [-0.15, -0.1) is 0 Å². The van der Waals surface area contributed by atoms with E-state index in [1.807, 2.05) is 183 Å². The molecular weight excluding hydrogens is 1040 g/mol. The molecular formula is C82H84N4+4. The summed E-state index contributed by atoms with van der Waals surface area (Å²) in [5, 5.41) is 0. The maximum atomic E-state index is 7.94. The molecule has 8 aromatic carbocycles. The van der Waals surface area contributed by atoms with E-state index in [-0.39, 0.29) is 11.1 Å². The number of aromatic nitrogens is 4. The molecule has 0 atom stereocenters. The Morgan fingerprint density at radius 1 is 0.221 bits per heavy atom. The van der Waals surface area contributed by atoms with Gasteiger partial charge in [-0.2, -0.15) is 0 Å². The Bertz CT molecular complexity index is 4840. The van der Waals surface area contributed by atoms with Gasteiger partial charge in [0.1, 0.15) is 28.2 Å². The van der Waals surface area contributed by atoms with Crippen molar-refractivity contribution in [2.24, 2.45) is 28.2 Å². The number of pyridine rings is 4. The van der Waals surface area contributed by atoms with E-state index in [1.165, 1.54) is 11.1 Å². The standard InChI is InChI=1S/2C21H22N.2C20H20N/c1-15-10-11-21(22(4)14-15)20-13-19(16(2)12-17(20)3)18-8-6-5-7-9-18;1-15-10-11-19(16(2)12-15)21-13-20(17(3)14-22(21)4)18-8-6-5-7-9-18;1-15-9-7-8-12-18(15)20-13-19(16(2)14-21(20)3)17-10-5-4-6-11-17;1-15-9-12-20(21(3)14-15)19-11-10-18(13-16(19)2)17-7-5-4-6-8-17/h2*5-14H,1-4H3;2*4-14H,1-3H3/q4*+1/i1D3,2D3;1D3,3D3;2D3;1D3. The van der Waals surface area contributed by atoms with Gasteiger partial charge in [0.2, 0.25) is 22.8 Å². The zero-order chi connectivity index (χ0) is 76.0. The van der Waals surface area contributed by atoms with Gasteiger partial charge < -0.3 is 0 Å². The van der Waals surface area contributed by atoms with Crippen LogP contribution < -0.4 is 18.3 Å². The molecule has 0 saturated heterocycles. The predicted molar refractivity (Wildman–Crippen MR) is 361 cm³/mol. The van der Waals surface area contributed by atoms with Crippen LogP contribution in [0.5, 0.6) is 0 Å². The summed E-state index contributed by atoms with van der Waals surface area (Å²) in [4.78, 5) is 0. The van der Waals surface area contributed by atoms with Gasteiger partial charge in [-0.05, 0) is 178 Å². The Balaban J connectivity index is 0.000000161. The highest BCUT2D eigenvalue weighted by Crippen LogP contribution is 2.33. The van der Waals surface area contributed by atoms with Crippen LogP contribution in [-0.4, -0.2) is 0 Å². The maximum absolute atomic E-state index is 7.94. The second-order valence-electron chi connectivity index (χ2n) is 21.6. The summed E-state index contributed by atoms with van der Waals surface area (Å²) in [6.45, 7) is -5.17. The van der Waals surface area contributed by atoms with E-state index in [0.29, 0.717) is 33.4 Å². The smallest absolute Gasteiger partial charge is 0.201 e. The lowest BCUT2D eigenvalue weighted by Gasteiger charge is -2.12. The van der Waals surface area contributed by atoms with Gasteiger partial charge >= 0.3 is 0 Å². The Hall–Kier alpha value is -9.64. The van der Waals surface area contributed by atoms with Crippen LogP contribution in [0.15, 0.2) is 255 Å². The van der Waals surface area contributed by atoms with E-state index >= 15 is 0 Å². The van der Waals surface area contributed by atoms with Crippen LogP contribution in [0.3, 0.4) is 0 Å². The third-order valence-corrected chi connectivity index (χ3v) is 15.2. The van der Waals surface area contributed by atoms with Crippen LogP contribution >= 0.6 is 0 Å². The van der Waals surface area contributed by atoms with Crippen LogP contribution in [0.1, 0.15) is 80.3 Å². The average Bonchev–Trinajstić information content (AvgIpc) is 0.786. The van der Waals surface area contributed by atoms with E-state index in [2.05, 4.69) is 56.3 Å². The molecule has 0 radical (unpaired) electrons. The topological polar surface area (TPSA) is 15.5 Å². The molecule has 4 nitrogen and oxygen atoms in total. The number of benzene rings is 8. The average molecular weight is 1140 g/mol. The molecule has 4 aromatic heterocycles. The monoisotopic (exact) mass is 1140 g/mol. The van der Waals surface area contributed by atoms with E-state index in [9.17, 15) is 0 Å². The van der Waals surface area contributed by atoms with Crippen molar-refractivity contribution in [1.29, 1.82) is 0 Å². The maximum Gasteiger partial charge on any atom is 0.213 e. The quantitative estimate of drug-likeness (QED) is 0.135. The molecule has 0 aliphatic rings. The summed E-state index contributed by atoms with van der Waals surface area (Å²) in [5.74, 6) is 0. The first kappa shape index (κ1) is 41.4. The van der Waals surface area contributed by atoms with Crippen molar-refractivity contribution in [1.82, 2.24) is 0 Å². The van der Waals surface area contributed by atoms with E-state index in [0.717, 1.165) is 89.5 Å². The number of rotatable bonds is 8. The molecule has 0 bridgehead atoms. The van der Waals surface area contributed by atoms with Crippen molar-refractivity contribution in [2.45, 2.75) is 68.8 Å². The third-order valence-electron chi connectivity index (χ3n) is 15.2. The van der Waals surface area contributed by atoms with E-state index < -0.39 is 41.1 Å². The molecule has 0 aliphatic carbocycles. The number of aryl methyl sites for hydroxylation is 14. The molecule has 0 spiro atoms. The van der Waals surface area contributed by atoms with Crippen LogP contribution in [0.25, 0.3) is 89.5 Å². The minimum atomic E-state index is -2.25. The first-order valence-electron chi connectivity index (χ1n) is 37.4. The SMILES string of the molecule is [2H]C([2H])([2H])c1c[n+](C)c(-c2ccccc2C)cc1-c1ccccc1.[2H]C([2H])([2H])c1ccc(-c2cc(-c3ccccc3)c(C([2H])([2H])[2H])c[n+]2C)c(C)c1.[2H]C([2H])([2H])c1ccc(-c2cc(-c3ccccc3)c(C([2H])([2H])[2H])cc2C)[n+](C)c1.[2H]C([2H])([2H])c1ccc(-c2ccc(-c3ccccc3)cc2C)[n+](C)c1. The van der Waals surface area contributed by atoms with Gasteiger partial charge in [-0.25, -0.2) is 18.3 Å². The van der Waals surface area contributed by atoms with Gasteiger partial charge in [-0.3, -0.25) is 0 Å². The number of hydrogen-bond donors (Lipinski definition) is 0. The molecule has 4 heterocycles. The second kappa shape index (κ2) is 27.8. The Labute approximate surface area is 538 Å². The van der Waals surface area contributed by atoms with Crippen LogP contribution in [0, 0.1) is 68.8 Å². The lowest BCUT2D eigenvalue weighted by Crippen LogP contribution is -2.31. The summed E-state index contributed by atoms with van der Waals surface area (Å²) in [5.41, 5.74) is 20.4. The van der Waals surface area contributed by atoms with E-state index in [4.69, 9.17) is 24.7 Å². The van der Waals surface area contributed by atoms with Crippen molar-refractivity contribution >= 4 is 0 Å². The largest absolute Gasteiger partial charge is 0.213 e. The fourth-order valence-corrected chi connectivity index (χ4v) is 10.7. The fraction of sp³-hybridized carbons (Fsp3) is 0.171. The molecule has 4 heteroatoms. The minimum absolute atomic E-state index is 0.263. The zero-order valence-electron chi connectivity index (χ0n) is 68.0. The van der Waals surface area contributed by atoms with Crippen molar-refractivity contribution in [2.75, 3.05) is 0 Å². The Morgan fingerprint density at radius 2 is 0.605 bits per heavy atom. The molecule has 0 aliphatic heterocycles. The summed E-state index contributed by atoms with van der Waals surface area (Å²) < 4.78 is 147. The molecule has 12 aromatic rings. The summed E-state index contributed by atoms with van der Waals surface area (Å²) in [6.07, 6.45) is 6.66. The van der Waals surface area contributed by atoms with Crippen LogP contribution in [0.4, 0.5) is 0 Å². The van der Waals surface area contributed by atoms with Gasteiger partial charge in [0.05, 0.1) is 0 Å². The second-order valence-corrected chi connectivity index (χ2v) is 21.6. The highest BCUT2D eigenvalue weighted by molar-refractivity contribution is 5.77. The van der Waals surface area contributed by atoms with Crippen molar-refractivity contribution < 1.29 is 42.9 Å². The van der Waals surface area contributed by atoms with Gasteiger partial charge in [0.25, 0.3) is 0 Å². The fourth-order valence-electron chi connectivity index (χ4n) is 10.7. The molecule has 12 rings (SSSR count). The molecule has 0 amide bonds. The highest BCUT2D eigenvalue weighted by Gasteiger charge is 2.20. The van der Waals surface area contributed by atoms with Crippen molar-refractivity contribution in [3.8, 4) is 89.5 Å². The van der Waals surface area contributed by atoms with Gasteiger partial charge in [0, 0.05) is 93.4 Å². The third kappa shape index (κ3) is 14.6. The van der Waals surface area contributed by atoms with Crippen molar-refractivity contribution in [3.63, 3.8) is 0 Å². The van der Waals surface area contributed by atoms with Crippen molar-refractivity contribution in [3.05, 3.63) is 311 Å². The summed E-state index contributed by atoms with van der Waals surface area (Å²) >= 11 is 0. The lowest BCUT2D eigenvalue weighted by atomic mass is 9.93. The molecule has 0 N–H and O–H groups in total. The lowest BCUT2D eigenvalue weighted by molar-refractivity contribution is -0.660. The van der Waals surface area contributed by atoms with Crippen LogP contribution in [0.2, 0.25) is 0 Å². The number of nitrogens with zero attached hydrogens (tertiary/aromatic N) is 4. The molecule has 86 heavy (non-hydrogen) atoms. The molecule has 428 valence electrons. The van der Waals surface area contributed by atoms with Gasteiger partial charge in [0.15, 0.2) is 24.8 Å². The first-order chi connectivity index (χ1) is 48.7. The summed E-state index contributed by atoms with van der Waals surface area (Å²) in [7, 11) is 7.38. The predicted octanol–water partition coefficient (Wildman–Crippen LogP) is 18.5. The normalized spacial score (nSPS) is 14.7. The highest BCUT2D eigenvalue weighted by atomic mass is 14.9. The zero-order valence-corrected chi connectivity index (χ0v) is 50.0.